The maximum atomic E-state index is 11.7. The highest BCUT2D eigenvalue weighted by Crippen LogP contribution is 2.20. The van der Waals surface area contributed by atoms with E-state index in [4.69, 9.17) is 5.73 Å². The highest BCUT2D eigenvalue weighted by molar-refractivity contribution is 5.82. The van der Waals surface area contributed by atoms with Gasteiger partial charge in [0, 0.05) is 31.9 Å². The molecule has 0 bridgehead atoms. The topological polar surface area (TPSA) is 49.6 Å². The maximum Gasteiger partial charge on any atom is 0.241 e. The number of hydrogen-bond donors (Lipinski definition) is 1. The monoisotopic (exact) mass is 247 g/mol. The van der Waals surface area contributed by atoms with Crippen LogP contribution in [0.15, 0.2) is 24.3 Å². The van der Waals surface area contributed by atoms with E-state index in [-0.39, 0.29) is 11.9 Å². The smallest absolute Gasteiger partial charge is 0.241 e. The summed E-state index contributed by atoms with van der Waals surface area (Å²) in [5, 5.41) is 0. The molecule has 0 unspecified atom stereocenters. The molecule has 1 aliphatic heterocycles. The summed E-state index contributed by atoms with van der Waals surface area (Å²) in [6.45, 7) is 4.23. The number of anilines is 1. The minimum Gasteiger partial charge on any atom is -0.360 e. The molecule has 1 atom stereocenters. The predicted molar refractivity (Wildman–Crippen MR) is 73.5 cm³/mol. The van der Waals surface area contributed by atoms with Gasteiger partial charge in [-0.15, -0.1) is 0 Å². The van der Waals surface area contributed by atoms with E-state index in [1.165, 1.54) is 0 Å². The van der Waals surface area contributed by atoms with Crippen LogP contribution in [0.5, 0.6) is 0 Å². The van der Waals surface area contributed by atoms with E-state index < -0.39 is 0 Å². The first-order valence-corrected chi connectivity index (χ1v) is 6.46. The van der Waals surface area contributed by atoms with Crippen LogP contribution < -0.4 is 10.6 Å². The Kier molecular flexibility index (Phi) is 3.87. The van der Waals surface area contributed by atoms with Gasteiger partial charge < -0.3 is 15.5 Å². The van der Waals surface area contributed by atoms with Gasteiger partial charge in [-0.3, -0.25) is 4.79 Å². The number of amides is 1. The summed E-state index contributed by atoms with van der Waals surface area (Å²) >= 11 is 0. The minimum absolute atomic E-state index is 0.105. The fourth-order valence-electron chi connectivity index (χ4n) is 2.15. The zero-order valence-corrected chi connectivity index (χ0v) is 11.1. The summed E-state index contributed by atoms with van der Waals surface area (Å²) < 4.78 is 0. The van der Waals surface area contributed by atoms with Crippen molar-refractivity contribution in [2.24, 2.45) is 5.73 Å². The molecule has 1 amide bonds. The fourth-order valence-corrected chi connectivity index (χ4v) is 2.15. The molecule has 2 N–H and O–H groups in total. The van der Waals surface area contributed by atoms with Gasteiger partial charge in [0.25, 0.3) is 0 Å². The van der Waals surface area contributed by atoms with E-state index in [0.717, 1.165) is 30.8 Å². The lowest BCUT2D eigenvalue weighted by molar-refractivity contribution is -0.129. The first kappa shape index (κ1) is 12.9. The van der Waals surface area contributed by atoms with Crippen molar-refractivity contribution in [2.45, 2.75) is 19.4 Å². The summed E-state index contributed by atoms with van der Waals surface area (Å²) in [7, 11) is 1.85. The molecule has 4 heteroatoms. The van der Waals surface area contributed by atoms with Gasteiger partial charge in [-0.2, -0.15) is 0 Å². The Balaban J connectivity index is 2.08. The molecule has 0 saturated carbocycles. The Morgan fingerprint density at radius 1 is 1.28 bits per heavy atom. The lowest BCUT2D eigenvalue weighted by Crippen LogP contribution is -2.48. The molecule has 4 nitrogen and oxygen atoms in total. The average Bonchev–Trinajstić information content (AvgIpc) is 2.41. The molecule has 1 heterocycles. The third-order valence-corrected chi connectivity index (χ3v) is 3.58. The Morgan fingerprint density at radius 2 is 1.94 bits per heavy atom. The van der Waals surface area contributed by atoms with Crippen LogP contribution >= 0.6 is 0 Å². The van der Waals surface area contributed by atoms with Gasteiger partial charge >= 0.3 is 0 Å². The zero-order chi connectivity index (χ0) is 13.1. The normalized spacial score (nSPS) is 18.1. The van der Waals surface area contributed by atoms with Crippen molar-refractivity contribution in [3.8, 4) is 0 Å². The molecule has 1 aromatic rings. The van der Waals surface area contributed by atoms with Crippen molar-refractivity contribution in [1.29, 1.82) is 0 Å². The van der Waals surface area contributed by atoms with Crippen LogP contribution in [0, 0.1) is 0 Å². The summed E-state index contributed by atoms with van der Waals surface area (Å²) in [6, 6.07) is 8.35. The third kappa shape index (κ3) is 2.64. The lowest BCUT2D eigenvalue weighted by Gasteiger charge is -2.33. The van der Waals surface area contributed by atoms with E-state index in [1.54, 1.807) is 4.90 Å². The number of likely N-dealkylation sites (N-methyl/N-ethyl adjacent to an activating group) is 1. The minimum atomic E-state index is 0.105. The Bertz CT molecular complexity index is 416. The molecular weight excluding hydrogens is 226 g/mol. The molecule has 1 saturated heterocycles. The second-order valence-electron chi connectivity index (χ2n) is 4.84. The van der Waals surface area contributed by atoms with E-state index in [1.807, 2.05) is 7.05 Å². The molecule has 0 aromatic heterocycles. The van der Waals surface area contributed by atoms with Gasteiger partial charge in [0.2, 0.25) is 5.91 Å². The SMILES string of the molecule is CC[C@@H](N)c1ccc(N2CCN(C)C(=O)C2)cc1. The standard InChI is InChI=1S/C14H21N3O/c1-3-13(15)11-4-6-12(7-5-11)17-9-8-16(2)14(18)10-17/h4-7,13H,3,8-10,15H2,1-2H3/t13-/m1/s1. The molecule has 98 valence electrons. The number of rotatable bonds is 3. The van der Waals surface area contributed by atoms with Crippen molar-refractivity contribution in [3.63, 3.8) is 0 Å². The van der Waals surface area contributed by atoms with Crippen LogP contribution in [0.2, 0.25) is 0 Å². The van der Waals surface area contributed by atoms with Crippen molar-refractivity contribution in [1.82, 2.24) is 4.90 Å². The van der Waals surface area contributed by atoms with Crippen molar-refractivity contribution >= 4 is 11.6 Å². The molecule has 1 aliphatic rings. The van der Waals surface area contributed by atoms with Gasteiger partial charge in [0.05, 0.1) is 6.54 Å². The summed E-state index contributed by atoms with van der Waals surface area (Å²) in [4.78, 5) is 15.6. The molecule has 0 aliphatic carbocycles. The van der Waals surface area contributed by atoms with Gasteiger partial charge in [0.15, 0.2) is 0 Å². The van der Waals surface area contributed by atoms with E-state index in [0.29, 0.717) is 6.54 Å². The average molecular weight is 247 g/mol. The number of piperazine rings is 1. The number of carbonyl (C=O) groups excluding carboxylic acids is 1. The second kappa shape index (κ2) is 5.40. The second-order valence-corrected chi connectivity index (χ2v) is 4.84. The van der Waals surface area contributed by atoms with Crippen molar-refractivity contribution in [3.05, 3.63) is 29.8 Å². The van der Waals surface area contributed by atoms with Gasteiger partial charge in [0.1, 0.15) is 0 Å². The molecule has 1 fully saturated rings. The number of hydrogen-bond acceptors (Lipinski definition) is 3. The van der Waals surface area contributed by atoms with E-state index >= 15 is 0 Å². The molecule has 2 rings (SSSR count). The van der Waals surface area contributed by atoms with Gasteiger partial charge in [-0.05, 0) is 24.1 Å². The van der Waals surface area contributed by atoms with Crippen LogP contribution in [0.25, 0.3) is 0 Å². The molecule has 0 radical (unpaired) electrons. The molecule has 1 aromatic carbocycles. The Labute approximate surface area is 108 Å². The van der Waals surface area contributed by atoms with Gasteiger partial charge in [-0.1, -0.05) is 19.1 Å². The van der Waals surface area contributed by atoms with Gasteiger partial charge in [-0.25, -0.2) is 0 Å². The van der Waals surface area contributed by atoms with Crippen LogP contribution in [0.1, 0.15) is 24.9 Å². The molecular formula is C14H21N3O. The van der Waals surface area contributed by atoms with Crippen LogP contribution in [0.3, 0.4) is 0 Å². The van der Waals surface area contributed by atoms with Crippen molar-refractivity contribution in [2.75, 3.05) is 31.6 Å². The number of carbonyl (C=O) groups is 1. The summed E-state index contributed by atoms with van der Waals surface area (Å²) in [5.41, 5.74) is 8.24. The predicted octanol–water partition coefficient (Wildman–Crippen LogP) is 1.37. The van der Waals surface area contributed by atoms with Crippen molar-refractivity contribution < 1.29 is 4.79 Å². The van der Waals surface area contributed by atoms with Crippen LogP contribution in [-0.4, -0.2) is 37.5 Å². The zero-order valence-electron chi connectivity index (χ0n) is 11.1. The Morgan fingerprint density at radius 3 is 2.50 bits per heavy atom. The van der Waals surface area contributed by atoms with Crippen LogP contribution in [0.4, 0.5) is 5.69 Å². The number of nitrogens with zero attached hydrogens (tertiary/aromatic N) is 2. The van der Waals surface area contributed by atoms with E-state index in [9.17, 15) is 4.79 Å². The summed E-state index contributed by atoms with van der Waals surface area (Å²) in [6.07, 6.45) is 0.937. The number of nitrogens with two attached hydrogens (primary N) is 1. The van der Waals surface area contributed by atoms with E-state index in [2.05, 4.69) is 36.1 Å². The Hall–Kier alpha value is -1.55. The highest BCUT2D eigenvalue weighted by atomic mass is 16.2. The maximum absolute atomic E-state index is 11.7. The highest BCUT2D eigenvalue weighted by Gasteiger charge is 2.21. The fraction of sp³-hybridized carbons (Fsp3) is 0.500. The molecule has 18 heavy (non-hydrogen) atoms. The lowest BCUT2D eigenvalue weighted by atomic mass is 10.0. The first-order chi connectivity index (χ1) is 8.61. The number of benzene rings is 1. The summed E-state index contributed by atoms with van der Waals surface area (Å²) in [5.74, 6) is 0.176. The largest absolute Gasteiger partial charge is 0.360 e. The quantitative estimate of drug-likeness (QED) is 0.877. The van der Waals surface area contributed by atoms with Crippen LogP contribution in [-0.2, 0) is 4.79 Å². The molecule has 0 spiro atoms. The third-order valence-electron chi connectivity index (χ3n) is 3.58. The first-order valence-electron chi connectivity index (χ1n) is 6.46.